The molecule has 0 bridgehead atoms. The number of piperazine rings is 1. The number of likely N-dealkylation sites (N-methyl/N-ethyl adjacent to an activating group) is 1. The first-order chi connectivity index (χ1) is 21.7. The van der Waals surface area contributed by atoms with Crippen LogP contribution in [-0.4, -0.2) is 102 Å². The number of amides is 3. The van der Waals surface area contributed by atoms with Crippen molar-refractivity contribution in [1.82, 2.24) is 25.8 Å². The van der Waals surface area contributed by atoms with Gasteiger partial charge >= 0.3 is 12.1 Å². The molecule has 0 spiro atoms. The van der Waals surface area contributed by atoms with E-state index in [-0.39, 0.29) is 54.3 Å². The smallest absolute Gasteiger partial charge is 0.475 e. The van der Waals surface area contributed by atoms with Crippen LogP contribution in [0.4, 0.5) is 22.0 Å². The van der Waals surface area contributed by atoms with E-state index in [1.165, 1.54) is 18.2 Å². The Balaban J connectivity index is 0.000000738. The fourth-order valence-corrected chi connectivity index (χ4v) is 5.46. The van der Waals surface area contributed by atoms with Gasteiger partial charge in [0.25, 0.3) is 0 Å². The minimum absolute atomic E-state index is 0.212. The van der Waals surface area contributed by atoms with Crippen molar-refractivity contribution in [1.29, 1.82) is 0 Å². The van der Waals surface area contributed by atoms with E-state index in [4.69, 9.17) is 9.90 Å². The van der Waals surface area contributed by atoms with Crippen LogP contribution in [0.3, 0.4) is 0 Å². The third-order valence-electron chi connectivity index (χ3n) is 7.89. The first-order valence-electron chi connectivity index (χ1n) is 14.8. The van der Waals surface area contributed by atoms with Crippen molar-refractivity contribution >= 4 is 23.7 Å². The van der Waals surface area contributed by atoms with Gasteiger partial charge in [0.05, 0.1) is 12.1 Å². The highest BCUT2D eigenvalue weighted by molar-refractivity contribution is 5.90. The van der Waals surface area contributed by atoms with Crippen LogP contribution in [-0.2, 0) is 32.0 Å². The number of carbonyl (C=O) groups excluding carboxylic acids is 3. The number of rotatable bonds is 9. The Labute approximate surface area is 263 Å². The van der Waals surface area contributed by atoms with E-state index in [0.717, 1.165) is 18.5 Å². The molecule has 0 saturated carbocycles. The van der Waals surface area contributed by atoms with E-state index in [1.54, 1.807) is 42.3 Å². The second kappa shape index (κ2) is 16.5. The lowest BCUT2D eigenvalue weighted by Gasteiger charge is -2.43. The summed E-state index contributed by atoms with van der Waals surface area (Å²) >= 11 is 0. The summed E-state index contributed by atoms with van der Waals surface area (Å²) in [4.78, 5) is 52.1. The van der Waals surface area contributed by atoms with Gasteiger partial charge in [0.15, 0.2) is 0 Å². The van der Waals surface area contributed by atoms with Gasteiger partial charge in [-0.05, 0) is 62.1 Å². The Hall–Kier alpha value is -4.11. The first kappa shape index (κ1) is 36.4. The third-order valence-corrected chi connectivity index (χ3v) is 7.89. The van der Waals surface area contributed by atoms with Crippen LogP contribution >= 0.6 is 0 Å². The molecule has 2 saturated heterocycles. The molecule has 46 heavy (non-hydrogen) atoms. The molecule has 15 heteroatoms. The minimum atomic E-state index is -5.08. The van der Waals surface area contributed by atoms with Crippen molar-refractivity contribution < 1.29 is 46.2 Å². The molecule has 2 aliphatic rings. The molecule has 10 nitrogen and oxygen atoms in total. The normalized spacial score (nSPS) is 19.8. The number of aliphatic carboxylic acids is 1. The van der Waals surface area contributed by atoms with Crippen molar-refractivity contribution in [3.63, 3.8) is 0 Å². The number of nitrogens with zero attached hydrogens (tertiary/aromatic N) is 2. The number of hydrogen-bond acceptors (Lipinski definition) is 6. The van der Waals surface area contributed by atoms with Crippen LogP contribution in [0.15, 0.2) is 48.5 Å². The van der Waals surface area contributed by atoms with Crippen molar-refractivity contribution in [2.24, 2.45) is 0 Å². The monoisotopic (exact) mass is 655 g/mol. The lowest BCUT2D eigenvalue weighted by atomic mass is 9.99. The summed E-state index contributed by atoms with van der Waals surface area (Å²) in [5, 5.41) is 15.9. The second-order valence-corrected chi connectivity index (χ2v) is 11.1. The molecule has 0 radical (unpaired) electrons. The number of hydrogen-bond donors (Lipinski definition) is 4. The van der Waals surface area contributed by atoms with Gasteiger partial charge in [0.2, 0.25) is 17.7 Å². The predicted molar refractivity (Wildman–Crippen MR) is 157 cm³/mol. The van der Waals surface area contributed by atoms with Crippen LogP contribution in [0.2, 0.25) is 0 Å². The number of carboxylic acid groups (broad SMARTS) is 1. The molecule has 4 atom stereocenters. The molecule has 3 amide bonds. The number of carboxylic acids is 1. The molecular formula is C31H38F5N5O5. The number of carbonyl (C=O) groups is 4. The topological polar surface area (TPSA) is 131 Å². The summed E-state index contributed by atoms with van der Waals surface area (Å²) in [6, 6.07) is 10.3. The first-order valence-corrected chi connectivity index (χ1v) is 14.8. The van der Waals surface area contributed by atoms with Gasteiger partial charge in [0.1, 0.15) is 17.7 Å². The van der Waals surface area contributed by atoms with Crippen LogP contribution in [0.25, 0.3) is 0 Å². The van der Waals surface area contributed by atoms with E-state index >= 15 is 0 Å². The van der Waals surface area contributed by atoms with Gasteiger partial charge in [-0.25, -0.2) is 13.6 Å². The minimum Gasteiger partial charge on any atom is -0.475 e. The van der Waals surface area contributed by atoms with Crippen molar-refractivity contribution in [2.75, 3.05) is 33.2 Å². The highest BCUT2D eigenvalue weighted by atomic mass is 19.4. The number of halogens is 5. The predicted octanol–water partition coefficient (Wildman–Crippen LogP) is 2.27. The average Bonchev–Trinajstić information content (AvgIpc) is 3.56. The van der Waals surface area contributed by atoms with E-state index in [9.17, 15) is 36.3 Å². The van der Waals surface area contributed by atoms with Gasteiger partial charge in [-0.15, -0.1) is 0 Å². The van der Waals surface area contributed by atoms with Crippen molar-refractivity contribution in [3.05, 3.63) is 71.3 Å². The van der Waals surface area contributed by atoms with Crippen LogP contribution in [0, 0.1) is 11.6 Å². The molecule has 2 fully saturated rings. The zero-order valence-electron chi connectivity index (χ0n) is 25.4. The maximum atomic E-state index is 14.4. The molecule has 4 unspecified atom stereocenters. The van der Waals surface area contributed by atoms with Crippen LogP contribution in [0.1, 0.15) is 30.9 Å². The second-order valence-electron chi connectivity index (χ2n) is 11.1. The Kier molecular flexibility index (Phi) is 13.0. The number of benzene rings is 2. The summed E-state index contributed by atoms with van der Waals surface area (Å²) in [5.74, 6) is -4.13. The van der Waals surface area contributed by atoms with Crippen LogP contribution < -0.4 is 16.0 Å². The molecular weight excluding hydrogens is 617 g/mol. The zero-order valence-corrected chi connectivity index (χ0v) is 25.4. The summed E-state index contributed by atoms with van der Waals surface area (Å²) in [7, 11) is 1.56. The highest BCUT2D eigenvalue weighted by Crippen LogP contribution is 2.20. The zero-order chi connectivity index (χ0) is 34.0. The lowest BCUT2D eigenvalue weighted by Crippen LogP contribution is -2.62. The largest absolute Gasteiger partial charge is 0.490 e. The van der Waals surface area contributed by atoms with Crippen molar-refractivity contribution in [2.45, 2.75) is 63.0 Å². The lowest BCUT2D eigenvalue weighted by molar-refractivity contribution is -0.192. The molecule has 2 aromatic rings. The maximum Gasteiger partial charge on any atom is 0.490 e. The van der Waals surface area contributed by atoms with Gasteiger partial charge in [-0.1, -0.05) is 30.3 Å². The highest BCUT2D eigenvalue weighted by Gasteiger charge is 2.39. The fraction of sp³-hybridized carbons (Fsp3) is 0.484. The van der Waals surface area contributed by atoms with E-state index in [1.807, 2.05) is 11.8 Å². The van der Waals surface area contributed by atoms with Crippen LogP contribution in [0.5, 0.6) is 0 Å². The summed E-state index contributed by atoms with van der Waals surface area (Å²) in [5.41, 5.74) is 1.20. The van der Waals surface area contributed by atoms with Gasteiger partial charge < -0.3 is 26.0 Å². The van der Waals surface area contributed by atoms with E-state index in [2.05, 4.69) is 16.0 Å². The van der Waals surface area contributed by atoms with E-state index in [0.29, 0.717) is 31.6 Å². The molecule has 2 aliphatic heterocycles. The molecule has 4 N–H and O–H groups in total. The summed E-state index contributed by atoms with van der Waals surface area (Å²) in [6.07, 6.45) is -3.03. The molecule has 0 aromatic heterocycles. The Bertz CT molecular complexity index is 1350. The SMILES string of the molecule is CNC(=O)C(Cc1ccccc1F)N1CCN(C(=O)C(Cc2ccc(F)cc2)NC(=O)C2CCCN2)C(C)C1.O=C(O)C(F)(F)F. The summed E-state index contributed by atoms with van der Waals surface area (Å²) < 4.78 is 59.6. The third kappa shape index (κ3) is 10.2. The summed E-state index contributed by atoms with van der Waals surface area (Å²) in [6.45, 7) is 3.85. The Morgan fingerprint density at radius 1 is 1.02 bits per heavy atom. The molecule has 0 aliphatic carbocycles. The Morgan fingerprint density at radius 3 is 2.22 bits per heavy atom. The molecule has 2 aromatic carbocycles. The number of nitrogens with one attached hydrogen (secondary N) is 3. The molecule has 4 rings (SSSR count). The van der Waals surface area contributed by atoms with E-state index < -0.39 is 24.2 Å². The average molecular weight is 656 g/mol. The fourth-order valence-electron chi connectivity index (χ4n) is 5.46. The quantitative estimate of drug-likeness (QED) is 0.305. The van der Waals surface area contributed by atoms with Crippen molar-refractivity contribution in [3.8, 4) is 0 Å². The molecule has 2 heterocycles. The Morgan fingerprint density at radius 2 is 1.67 bits per heavy atom. The molecule has 252 valence electrons. The van der Waals surface area contributed by atoms with Gasteiger partial charge in [-0.3, -0.25) is 19.3 Å². The van der Waals surface area contributed by atoms with Gasteiger partial charge in [0, 0.05) is 39.1 Å². The maximum absolute atomic E-state index is 14.4. The number of alkyl halides is 3. The van der Waals surface area contributed by atoms with Gasteiger partial charge in [-0.2, -0.15) is 13.2 Å². The standard InChI is InChI=1S/C29H37F2N5O3.C2HF3O2/c1-19-18-35(26(28(38)32-2)17-21-6-3-4-7-23(21)31)14-15-36(19)29(39)25(16-20-9-11-22(30)12-10-20)34-27(37)24-8-5-13-33-24;3-2(4,5)1(6)7/h3-4,6-7,9-12,19,24-26,33H,5,8,13-18H2,1-2H3,(H,32,38)(H,34,37);(H,6,7).